The van der Waals surface area contributed by atoms with Gasteiger partial charge in [-0.3, -0.25) is 0 Å². The smallest absolute Gasteiger partial charge is 0.123 e. The quantitative estimate of drug-likeness (QED) is 0.869. The van der Waals surface area contributed by atoms with Gasteiger partial charge in [0.25, 0.3) is 0 Å². The molecule has 0 saturated heterocycles. The van der Waals surface area contributed by atoms with Crippen LogP contribution >= 0.6 is 22.9 Å². The summed E-state index contributed by atoms with van der Waals surface area (Å²) in [4.78, 5) is 0.887. The molecule has 0 fully saturated rings. The fourth-order valence-electron chi connectivity index (χ4n) is 1.75. The normalized spacial score (nSPS) is 12.8. The molecule has 1 atom stereocenters. The number of thiophene rings is 1. The Hall–Kier alpha value is -0.900. The van der Waals surface area contributed by atoms with Crippen molar-refractivity contribution in [2.24, 2.45) is 5.73 Å². The SMILES string of the molecule is Cc1ccc(F)cc1C(N)c1scc(C)c1Cl. The van der Waals surface area contributed by atoms with Crippen LogP contribution < -0.4 is 5.73 Å². The second-order valence-electron chi connectivity index (χ2n) is 4.08. The fraction of sp³-hybridized carbons (Fsp3) is 0.231. The lowest BCUT2D eigenvalue weighted by Crippen LogP contribution is -2.12. The first-order chi connectivity index (χ1) is 8.00. The first kappa shape index (κ1) is 12.6. The highest BCUT2D eigenvalue weighted by molar-refractivity contribution is 7.10. The Kier molecular flexibility index (Phi) is 3.52. The summed E-state index contributed by atoms with van der Waals surface area (Å²) in [6, 6.07) is 4.29. The van der Waals surface area contributed by atoms with E-state index >= 15 is 0 Å². The Labute approximate surface area is 109 Å². The third kappa shape index (κ3) is 2.37. The molecule has 0 aliphatic heterocycles. The summed E-state index contributed by atoms with van der Waals surface area (Å²) in [6.07, 6.45) is 0. The van der Waals surface area contributed by atoms with Crippen LogP contribution in [-0.4, -0.2) is 0 Å². The standard InChI is InChI=1S/C13H13ClFNS/c1-7-3-4-9(15)5-10(7)12(16)13-11(14)8(2)6-17-13/h3-6,12H,16H2,1-2H3. The number of hydrogen-bond acceptors (Lipinski definition) is 2. The molecule has 2 aromatic rings. The van der Waals surface area contributed by atoms with Crippen LogP contribution in [0, 0.1) is 19.7 Å². The minimum absolute atomic E-state index is 0.273. The maximum absolute atomic E-state index is 13.2. The van der Waals surface area contributed by atoms with Crippen molar-refractivity contribution in [3.8, 4) is 0 Å². The van der Waals surface area contributed by atoms with E-state index in [1.54, 1.807) is 6.07 Å². The van der Waals surface area contributed by atoms with Crippen LogP contribution in [0.2, 0.25) is 5.02 Å². The summed E-state index contributed by atoms with van der Waals surface area (Å²) in [5.74, 6) is -0.273. The Morgan fingerprint density at radius 1 is 1.29 bits per heavy atom. The highest BCUT2D eigenvalue weighted by Crippen LogP contribution is 2.35. The van der Waals surface area contributed by atoms with Gasteiger partial charge in [0, 0.05) is 4.88 Å². The van der Waals surface area contributed by atoms with Crippen molar-refractivity contribution in [2.75, 3.05) is 0 Å². The van der Waals surface area contributed by atoms with Crippen LogP contribution in [0.3, 0.4) is 0 Å². The molecular formula is C13H13ClFNS. The minimum atomic E-state index is -0.364. The van der Waals surface area contributed by atoms with Crippen LogP contribution in [-0.2, 0) is 0 Å². The molecule has 0 bridgehead atoms. The van der Waals surface area contributed by atoms with Crippen LogP contribution in [0.5, 0.6) is 0 Å². The predicted molar refractivity (Wildman–Crippen MR) is 71.2 cm³/mol. The van der Waals surface area contributed by atoms with E-state index in [0.717, 1.165) is 21.6 Å². The zero-order chi connectivity index (χ0) is 12.6. The van der Waals surface area contributed by atoms with Gasteiger partial charge in [0.05, 0.1) is 11.1 Å². The molecule has 0 saturated carbocycles. The second kappa shape index (κ2) is 4.77. The van der Waals surface area contributed by atoms with Gasteiger partial charge in [-0.15, -0.1) is 11.3 Å². The van der Waals surface area contributed by atoms with Crippen molar-refractivity contribution < 1.29 is 4.39 Å². The molecule has 4 heteroatoms. The maximum atomic E-state index is 13.2. The second-order valence-corrected chi connectivity index (χ2v) is 5.36. The topological polar surface area (TPSA) is 26.0 Å². The molecule has 2 N–H and O–H groups in total. The van der Waals surface area contributed by atoms with Gasteiger partial charge in [-0.05, 0) is 48.1 Å². The third-order valence-corrected chi connectivity index (χ3v) is 4.58. The molecule has 90 valence electrons. The molecule has 0 aliphatic carbocycles. The summed E-state index contributed by atoms with van der Waals surface area (Å²) < 4.78 is 13.2. The average molecular weight is 270 g/mol. The number of nitrogens with two attached hydrogens (primary N) is 1. The van der Waals surface area contributed by atoms with Crippen molar-refractivity contribution in [1.82, 2.24) is 0 Å². The molecule has 0 amide bonds. The first-order valence-corrected chi connectivity index (χ1v) is 6.51. The van der Waals surface area contributed by atoms with Crippen LogP contribution in [0.4, 0.5) is 4.39 Å². The van der Waals surface area contributed by atoms with Crippen molar-refractivity contribution in [3.05, 3.63) is 56.0 Å². The number of benzene rings is 1. The van der Waals surface area contributed by atoms with Crippen molar-refractivity contribution in [3.63, 3.8) is 0 Å². The zero-order valence-corrected chi connectivity index (χ0v) is 11.2. The number of aryl methyl sites for hydroxylation is 2. The van der Waals surface area contributed by atoms with E-state index in [2.05, 4.69) is 0 Å². The van der Waals surface area contributed by atoms with Gasteiger partial charge in [-0.2, -0.15) is 0 Å². The van der Waals surface area contributed by atoms with Gasteiger partial charge in [-0.1, -0.05) is 17.7 Å². The fourth-order valence-corrected chi connectivity index (χ4v) is 3.08. The Morgan fingerprint density at radius 2 is 2.00 bits per heavy atom. The summed E-state index contributed by atoms with van der Waals surface area (Å²) >= 11 is 7.70. The summed E-state index contributed by atoms with van der Waals surface area (Å²) in [5.41, 5.74) is 8.93. The first-order valence-electron chi connectivity index (χ1n) is 5.26. The largest absolute Gasteiger partial charge is 0.320 e. The van der Waals surface area contributed by atoms with E-state index < -0.39 is 0 Å². The molecule has 1 aromatic carbocycles. The van der Waals surface area contributed by atoms with E-state index in [1.165, 1.54) is 23.5 Å². The molecule has 1 unspecified atom stereocenters. The van der Waals surface area contributed by atoms with Gasteiger partial charge in [0.2, 0.25) is 0 Å². The Balaban J connectivity index is 2.47. The highest BCUT2D eigenvalue weighted by atomic mass is 35.5. The van der Waals surface area contributed by atoms with E-state index in [0.29, 0.717) is 5.02 Å². The number of hydrogen-bond donors (Lipinski definition) is 1. The zero-order valence-electron chi connectivity index (χ0n) is 9.63. The maximum Gasteiger partial charge on any atom is 0.123 e. The lowest BCUT2D eigenvalue weighted by molar-refractivity contribution is 0.623. The van der Waals surface area contributed by atoms with Crippen LogP contribution in [0.1, 0.15) is 27.6 Å². The molecule has 1 nitrogen and oxygen atoms in total. The molecular weight excluding hydrogens is 257 g/mol. The molecule has 1 heterocycles. The summed E-state index contributed by atoms with van der Waals surface area (Å²) in [7, 11) is 0. The van der Waals surface area contributed by atoms with Crippen molar-refractivity contribution >= 4 is 22.9 Å². The van der Waals surface area contributed by atoms with E-state index in [1.807, 2.05) is 19.2 Å². The minimum Gasteiger partial charge on any atom is -0.320 e. The van der Waals surface area contributed by atoms with Gasteiger partial charge in [0.1, 0.15) is 5.82 Å². The lowest BCUT2D eigenvalue weighted by atomic mass is 10.0. The summed E-state index contributed by atoms with van der Waals surface area (Å²) in [5, 5.41) is 2.65. The molecule has 0 spiro atoms. The van der Waals surface area contributed by atoms with E-state index in [-0.39, 0.29) is 11.9 Å². The average Bonchev–Trinajstić information content (AvgIpc) is 2.62. The van der Waals surface area contributed by atoms with Gasteiger partial charge in [-0.25, -0.2) is 4.39 Å². The molecule has 0 radical (unpaired) electrons. The molecule has 17 heavy (non-hydrogen) atoms. The number of rotatable bonds is 2. The van der Waals surface area contributed by atoms with Gasteiger partial charge >= 0.3 is 0 Å². The summed E-state index contributed by atoms with van der Waals surface area (Å²) in [6.45, 7) is 3.86. The van der Waals surface area contributed by atoms with Crippen molar-refractivity contribution in [2.45, 2.75) is 19.9 Å². The van der Waals surface area contributed by atoms with Crippen LogP contribution in [0.15, 0.2) is 23.6 Å². The monoisotopic (exact) mass is 269 g/mol. The molecule has 2 rings (SSSR count). The van der Waals surface area contributed by atoms with Crippen LogP contribution in [0.25, 0.3) is 0 Å². The van der Waals surface area contributed by atoms with Crippen molar-refractivity contribution in [1.29, 1.82) is 0 Å². The van der Waals surface area contributed by atoms with Gasteiger partial charge in [0.15, 0.2) is 0 Å². The predicted octanol–water partition coefficient (Wildman–Crippen LogP) is 4.21. The Morgan fingerprint density at radius 3 is 2.59 bits per heavy atom. The van der Waals surface area contributed by atoms with Gasteiger partial charge < -0.3 is 5.73 Å². The Bertz CT molecular complexity index is 550. The third-order valence-electron chi connectivity index (χ3n) is 2.78. The molecule has 1 aromatic heterocycles. The molecule has 0 aliphatic rings. The number of halogens is 2. The van der Waals surface area contributed by atoms with E-state index in [4.69, 9.17) is 17.3 Å². The van der Waals surface area contributed by atoms with E-state index in [9.17, 15) is 4.39 Å². The highest BCUT2D eigenvalue weighted by Gasteiger charge is 2.18. The lowest BCUT2D eigenvalue weighted by Gasteiger charge is -2.14.